The van der Waals surface area contributed by atoms with Gasteiger partial charge in [-0.25, -0.2) is 0 Å². The molecule has 1 heterocycles. The van der Waals surface area contributed by atoms with Gasteiger partial charge in [-0.15, -0.1) is 11.8 Å². The van der Waals surface area contributed by atoms with Crippen LogP contribution in [0.25, 0.3) is 0 Å². The molecule has 0 fully saturated rings. The molecule has 2 aromatic rings. The molecule has 0 saturated carbocycles. The van der Waals surface area contributed by atoms with Gasteiger partial charge in [0.25, 0.3) is 0 Å². The van der Waals surface area contributed by atoms with Gasteiger partial charge in [-0.05, 0) is 50.7 Å². The molecular formula is C19H23NOS. The van der Waals surface area contributed by atoms with Crippen molar-refractivity contribution < 1.29 is 5.11 Å². The summed E-state index contributed by atoms with van der Waals surface area (Å²) < 4.78 is 0. The average Bonchev–Trinajstić information content (AvgIpc) is 2.64. The van der Waals surface area contributed by atoms with Crippen LogP contribution in [0.3, 0.4) is 0 Å². The number of aliphatic hydroxyl groups is 1. The summed E-state index contributed by atoms with van der Waals surface area (Å²) in [4.78, 5) is 3.37. The minimum Gasteiger partial charge on any atom is -0.380 e. The maximum absolute atomic E-state index is 11.6. The maximum atomic E-state index is 11.6. The van der Waals surface area contributed by atoms with Crippen molar-refractivity contribution in [2.24, 2.45) is 0 Å². The fraction of sp³-hybridized carbons (Fsp3) is 0.368. The van der Waals surface area contributed by atoms with Crippen LogP contribution in [0.15, 0.2) is 53.4 Å². The highest BCUT2D eigenvalue weighted by molar-refractivity contribution is 7.98. The van der Waals surface area contributed by atoms with E-state index in [1.54, 1.807) is 0 Å². The summed E-state index contributed by atoms with van der Waals surface area (Å²) >= 11 is 1.82. The van der Waals surface area contributed by atoms with Gasteiger partial charge < -0.3 is 10.0 Å². The molecule has 0 radical (unpaired) electrons. The zero-order chi connectivity index (χ0) is 15.6. The van der Waals surface area contributed by atoms with E-state index in [1.807, 2.05) is 23.9 Å². The monoisotopic (exact) mass is 313 g/mol. The van der Waals surface area contributed by atoms with E-state index >= 15 is 0 Å². The second-order valence-electron chi connectivity index (χ2n) is 6.21. The first-order valence-electron chi connectivity index (χ1n) is 7.79. The van der Waals surface area contributed by atoms with Crippen LogP contribution in [0.4, 0.5) is 0 Å². The van der Waals surface area contributed by atoms with Gasteiger partial charge >= 0.3 is 0 Å². The van der Waals surface area contributed by atoms with Crippen molar-refractivity contribution in [3.05, 3.63) is 65.2 Å². The minimum atomic E-state index is -0.882. The van der Waals surface area contributed by atoms with Crippen LogP contribution in [0, 0.1) is 0 Å². The molecule has 3 rings (SSSR count). The molecule has 22 heavy (non-hydrogen) atoms. The molecule has 1 atom stereocenters. The van der Waals surface area contributed by atoms with Crippen molar-refractivity contribution in [1.82, 2.24) is 4.90 Å². The summed E-state index contributed by atoms with van der Waals surface area (Å²) in [6.07, 6.45) is 1.72. The molecular weight excluding hydrogens is 290 g/mol. The lowest BCUT2D eigenvalue weighted by Gasteiger charge is -2.31. The van der Waals surface area contributed by atoms with Gasteiger partial charge in [0.15, 0.2) is 0 Å². The zero-order valence-corrected chi connectivity index (χ0v) is 14.1. The van der Waals surface area contributed by atoms with E-state index in [9.17, 15) is 5.11 Å². The predicted octanol–water partition coefficient (Wildman–Crippen LogP) is 3.87. The second-order valence-corrected chi connectivity index (χ2v) is 7.23. The molecule has 2 aromatic carbocycles. The molecule has 0 amide bonds. The van der Waals surface area contributed by atoms with E-state index in [-0.39, 0.29) is 0 Å². The second kappa shape index (κ2) is 6.45. The Kier molecular flexibility index (Phi) is 4.57. The fourth-order valence-corrected chi connectivity index (χ4v) is 4.33. The molecule has 1 aliphatic rings. The zero-order valence-electron chi connectivity index (χ0n) is 13.2. The summed E-state index contributed by atoms with van der Waals surface area (Å²) in [7, 11) is 4.16. The fourth-order valence-electron chi connectivity index (χ4n) is 3.20. The Morgan fingerprint density at radius 3 is 2.50 bits per heavy atom. The predicted molar refractivity (Wildman–Crippen MR) is 93.2 cm³/mol. The van der Waals surface area contributed by atoms with Crippen LogP contribution in [0.2, 0.25) is 0 Å². The lowest BCUT2D eigenvalue weighted by Crippen LogP contribution is -2.29. The van der Waals surface area contributed by atoms with E-state index in [1.165, 1.54) is 10.5 Å². The first-order chi connectivity index (χ1) is 10.6. The molecule has 1 N–H and O–H groups in total. The van der Waals surface area contributed by atoms with Gasteiger partial charge in [0, 0.05) is 16.2 Å². The van der Waals surface area contributed by atoms with Gasteiger partial charge in [0.05, 0.1) is 0 Å². The molecule has 116 valence electrons. The minimum absolute atomic E-state index is 0.750. The maximum Gasteiger partial charge on any atom is 0.116 e. The van der Waals surface area contributed by atoms with E-state index in [0.29, 0.717) is 0 Å². The van der Waals surface area contributed by atoms with E-state index in [0.717, 1.165) is 36.3 Å². The highest BCUT2D eigenvalue weighted by atomic mass is 32.2. The number of nitrogens with zero attached hydrogens (tertiary/aromatic N) is 1. The number of rotatable bonds is 4. The normalized spacial score (nSPS) is 20.4. The lowest BCUT2D eigenvalue weighted by molar-refractivity contribution is 0.0635. The number of hydrogen-bond acceptors (Lipinski definition) is 3. The smallest absolute Gasteiger partial charge is 0.116 e. The Labute approximate surface area is 137 Å². The molecule has 0 aliphatic carbocycles. The summed E-state index contributed by atoms with van der Waals surface area (Å²) in [5.74, 6) is 0.920. The topological polar surface area (TPSA) is 23.5 Å². The van der Waals surface area contributed by atoms with Crippen LogP contribution in [0.1, 0.15) is 29.5 Å². The van der Waals surface area contributed by atoms with Crippen LogP contribution in [0.5, 0.6) is 0 Å². The Hall–Kier alpha value is -1.29. The van der Waals surface area contributed by atoms with Crippen LogP contribution >= 0.6 is 11.8 Å². The van der Waals surface area contributed by atoms with E-state index in [2.05, 4.69) is 55.4 Å². The summed E-state index contributed by atoms with van der Waals surface area (Å²) in [6.45, 7) is 0.986. The van der Waals surface area contributed by atoms with Crippen molar-refractivity contribution in [2.45, 2.75) is 29.1 Å². The molecule has 0 spiro atoms. The number of thioether (sulfide) groups is 1. The first kappa shape index (κ1) is 15.6. The van der Waals surface area contributed by atoms with Crippen LogP contribution in [-0.4, -0.2) is 30.6 Å². The Morgan fingerprint density at radius 2 is 1.73 bits per heavy atom. The van der Waals surface area contributed by atoms with Gasteiger partial charge in [-0.3, -0.25) is 0 Å². The Bertz CT molecular complexity index is 606. The van der Waals surface area contributed by atoms with E-state index < -0.39 is 5.60 Å². The van der Waals surface area contributed by atoms with Gasteiger partial charge in [0.1, 0.15) is 5.60 Å². The quantitative estimate of drug-likeness (QED) is 0.927. The SMILES string of the molecule is CN(C)CCC[C@]1(O)c2ccccc2CSc2ccccc21. The van der Waals surface area contributed by atoms with Crippen molar-refractivity contribution in [3.8, 4) is 0 Å². The van der Waals surface area contributed by atoms with E-state index in [4.69, 9.17) is 0 Å². The van der Waals surface area contributed by atoms with Gasteiger partial charge in [-0.1, -0.05) is 42.5 Å². The van der Waals surface area contributed by atoms with Crippen molar-refractivity contribution in [3.63, 3.8) is 0 Å². The molecule has 1 aliphatic heterocycles. The first-order valence-corrected chi connectivity index (χ1v) is 8.77. The molecule has 3 heteroatoms. The van der Waals surface area contributed by atoms with Gasteiger partial charge in [-0.2, -0.15) is 0 Å². The molecule has 2 nitrogen and oxygen atoms in total. The summed E-state index contributed by atoms with van der Waals surface area (Å²) in [6, 6.07) is 16.6. The van der Waals surface area contributed by atoms with Crippen LogP contribution < -0.4 is 0 Å². The average molecular weight is 313 g/mol. The Morgan fingerprint density at radius 1 is 1.05 bits per heavy atom. The van der Waals surface area contributed by atoms with Crippen LogP contribution in [-0.2, 0) is 11.4 Å². The standard InChI is InChI=1S/C19H23NOS/c1-20(2)13-7-12-19(21)16-9-4-3-8-15(16)14-22-18-11-6-5-10-17(18)19/h3-6,8-11,21H,7,12-14H2,1-2H3/t19-/m0/s1. The van der Waals surface area contributed by atoms with Crippen molar-refractivity contribution >= 4 is 11.8 Å². The lowest BCUT2D eigenvalue weighted by atomic mass is 9.80. The number of hydrogen-bond donors (Lipinski definition) is 1. The molecule has 0 bridgehead atoms. The van der Waals surface area contributed by atoms with Crippen molar-refractivity contribution in [1.29, 1.82) is 0 Å². The Balaban J connectivity index is 2.05. The van der Waals surface area contributed by atoms with Gasteiger partial charge in [0.2, 0.25) is 0 Å². The largest absolute Gasteiger partial charge is 0.380 e. The third-order valence-electron chi connectivity index (χ3n) is 4.32. The molecule has 0 saturated heterocycles. The highest BCUT2D eigenvalue weighted by Gasteiger charge is 2.36. The summed E-state index contributed by atoms with van der Waals surface area (Å²) in [5, 5.41) is 11.6. The molecule has 0 unspecified atom stereocenters. The highest BCUT2D eigenvalue weighted by Crippen LogP contribution is 2.45. The molecule has 0 aromatic heterocycles. The summed E-state index contributed by atoms with van der Waals surface area (Å²) in [5.41, 5.74) is 2.50. The number of fused-ring (bicyclic) bond motifs is 2. The third-order valence-corrected chi connectivity index (χ3v) is 5.44. The third kappa shape index (κ3) is 2.94. The van der Waals surface area contributed by atoms with Crippen molar-refractivity contribution in [2.75, 3.05) is 20.6 Å². The number of benzene rings is 2.